The highest BCUT2D eigenvalue weighted by Gasteiger charge is 2.27. The molecule has 0 saturated carbocycles. The Balaban J connectivity index is 1.58. The maximum Gasteiger partial charge on any atom is 0.262 e. The number of benzene rings is 2. The van der Waals surface area contributed by atoms with Crippen LogP contribution in [0.4, 0.5) is 18.9 Å². The number of ether oxygens (including phenoxy) is 4. The number of halogens is 4. The molecule has 9 nitrogen and oxygen atoms in total. The number of hydrogen-bond donors (Lipinski definition) is 1. The first kappa shape index (κ1) is 30.5. The van der Waals surface area contributed by atoms with Gasteiger partial charge in [-0.15, -0.1) is 0 Å². The van der Waals surface area contributed by atoms with Gasteiger partial charge in [0.2, 0.25) is 12.7 Å². The van der Waals surface area contributed by atoms with Gasteiger partial charge in [-0.25, -0.2) is 21.6 Å². The summed E-state index contributed by atoms with van der Waals surface area (Å²) in [6, 6.07) is 7.26. The van der Waals surface area contributed by atoms with Crippen molar-refractivity contribution in [3.8, 4) is 11.3 Å². The number of rotatable bonds is 12. The molecule has 218 valence electrons. The van der Waals surface area contributed by atoms with Crippen molar-refractivity contribution in [2.75, 3.05) is 32.2 Å². The second-order valence-electron chi connectivity index (χ2n) is 8.93. The molecular formula is C26H29BrF3N3O6S. The Bertz CT molecular complexity index is 1420. The molecule has 1 N–H and O–H groups in total. The minimum Gasteiger partial charge on any atom is -0.353 e. The maximum absolute atomic E-state index is 15.7. The number of alkyl halides is 2. The third kappa shape index (κ3) is 7.04. The summed E-state index contributed by atoms with van der Waals surface area (Å²) in [7, 11) is -2.47. The number of nitrogens with zero attached hydrogens (tertiary/aromatic N) is 2. The van der Waals surface area contributed by atoms with Crippen molar-refractivity contribution in [3.63, 3.8) is 0 Å². The highest BCUT2D eigenvalue weighted by atomic mass is 79.9. The van der Waals surface area contributed by atoms with Crippen molar-refractivity contribution in [1.29, 1.82) is 0 Å². The zero-order valence-electron chi connectivity index (χ0n) is 21.8. The van der Waals surface area contributed by atoms with Crippen LogP contribution in [0.1, 0.15) is 43.1 Å². The number of methoxy groups -OCH3 is 2. The van der Waals surface area contributed by atoms with Crippen LogP contribution < -0.4 is 4.72 Å². The van der Waals surface area contributed by atoms with Gasteiger partial charge in [0.05, 0.1) is 28.2 Å². The summed E-state index contributed by atoms with van der Waals surface area (Å²) in [6.07, 6.45) is 0.188. The normalized spacial score (nSPS) is 17.5. The lowest BCUT2D eigenvalue weighted by Gasteiger charge is -2.22. The lowest BCUT2D eigenvalue weighted by atomic mass is 10.1. The Labute approximate surface area is 238 Å². The van der Waals surface area contributed by atoms with Crippen LogP contribution in [0.25, 0.3) is 11.3 Å². The van der Waals surface area contributed by atoms with E-state index in [0.717, 1.165) is 45.6 Å². The van der Waals surface area contributed by atoms with Crippen molar-refractivity contribution in [2.24, 2.45) is 0 Å². The van der Waals surface area contributed by atoms with Gasteiger partial charge >= 0.3 is 0 Å². The second kappa shape index (κ2) is 13.4. The molecular weight excluding hydrogens is 619 g/mol. The van der Waals surface area contributed by atoms with Crippen LogP contribution >= 0.6 is 15.9 Å². The average molecular weight is 648 g/mol. The molecule has 3 unspecified atom stereocenters. The van der Waals surface area contributed by atoms with Crippen molar-refractivity contribution < 1.29 is 40.5 Å². The van der Waals surface area contributed by atoms with E-state index < -0.39 is 39.1 Å². The van der Waals surface area contributed by atoms with E-state index in [4.69, 9.17) is 9.47 Å². The number of sulfonamides is 1. The second-order valence-corrected chi connectivity index (χ2v) is 11.4. The predicted molar refractivity (Wildman–Crippen MR) is 144 cm³/mol. The zero-order valence-corrected chi connectivity index (χ0v) is 24.2. The van der Waals surface area contributed by atoms with Crippen LogP contribution in [0.15, 0.2) is 52.0 Å². The lowest BCUT2D eigenvalue weighted by Crippen LogP contribution is -2.24. The van der Waals surface area contributed by atoms with Crippen molar-refractivity contribution in [2.45, 2.75) is 49.7 Å². The Kier molecular flexibility index (Phi) is 10.2. The van der Waals surface area contributed by atoms with Crippen molar-refractivity contribution in [1.82, 2.24) is 9.78 Å². The van der Waals surface area contributed by atoms with Crippen LogP contribution in [-0.4, -0.2) is 51.9 Å². The summed E-state index contributed by atoms with van der Waals surface area (Å²) in [4.78, 5) is -0.628. The van der Waals surface area contributed by atoms with Crippen LogP contribution in [0, 0.1) is 5.82 Å². The molecule has 3 aromatic rings. The summed E-state index contributed by atoms with van der Waals surface area (Å²) >= 11 is 3.38. The fourth-order valence-electron chi connectivity index (χ4n) is 4.18. The predicted octanol–water partition coefficient (Wildman–Crippen LogP) is 6.02. The third-order valence-corrected chi connectivity index (χ3v) is 8.23. The van der Waals surface area contributed by atoms with Gasteiger partial charge in [-0.05, 0) is 53.4 Å². The first-order valence-corrected chi connectivity index (χ1v) is 14.7. The maximum atomic E-state index is 15.7. The Morgan fingerprint density at radius 3 is 2.65 bits per heavy atom. The summed E-state index contributed by atoms with van der Waals surface area (Å²) in [6.45, 7) is 1.38. The number of nitrogens with one attached hydrogen (secondary N) is 1. The summed E-state index contributed by atoms with van der Waals surface area (Å²) < 4.78 is 95.6. The van der Waals surface area contributed by atoms with Gasteiger partial charge in [0, 0.05) is 43.7 Å². The van der Waals surface area contributed by atoms with Gasteiger partial charge in [0.15, 0.2) is 12.1 Å². The molecule has 1 aliphatic rings. The molecule has 0 bridgehead atoms. The molecule has 2 aromatic carbocycles. The van der Waals surface area contributed by atoms with Crippen LogP contribution in [0.5, 0.6) is 0 Å². The summed E-state index contributed by atoms with van der Waals surface area (Å²) in [5.74, 6) is -0.912. The first-order valence-electron chi connectivity index (χ1n) is 12.4. The Morgan fingerprint density at radius 2 is 1.95 bits per heavy atom. The van der Waals surface area contributed by atoms with E-state index in [1.54, 1.807) is 10.9 Å². The molecule has 1 fully saturated rings. The lowest BCUT2D eigenvalue weighted by molar-refractivity contribution is -0.163. The van der Waals surface area contributed by atoms with Crippen LogP contribution in [-0.2, 0) is 35.5 Å². The molecule has 14 heteroatoms. The molecule has 1 saturated heterocycles. The smallest absolute Gasteiger partial charge is 0.262 e. The van der Waals surface area contributed by atoms with E-state index >= 15 is 4.39 Å². The van der Waals surface area contributed by atoms with Crippen molar-refractivity contribution >= 4 is 31.6 Å². The third-order valence-electron chi connectivity index (χ3n) is 6.22. The molecule has 3 atom stereocenters. The molecule has 0 amide bonds. The van der Waals surface area contributed by atoms with Crippen LogP contribution in [0.2, 0.25) is 0 Å². The molecule has 1 aliphatic heterocycles. The molecule has 4 rings (SSSR count). The van der Waals surface area contributed by atoms with Gasteiger partial charge < -0.3 is 18.9 Å². The number of hydrogen-bond acceptors (Lipinski definition) is 7. The number of anilines is 1. The number of aromatic nitrogens is 2. The standard InChI is InChI=1S/C26H29BrF3N3O6S/c1-36-25(29)16-9-10-17(26(30)37-2)21(14-16)40(34,35)32-20-7-5-6-18(23(20)28)24-19(27)15-33(31-24)11-13-39-22-8-3-4-12-38-22/h5-7,9-10,14-15,22,25-26,32H,3-4,8,11-13H2,1-2H3. The minimum atomic E-state index is -4.61. The van der Waals surface area contributed by atoms with E-state index in [0.29, 0.717) is 24.2 Å². The SMILES string of the molecule is COC(F)c1ccc(C(F)OC)c(S(=O)(=O)Nc2cccc(-c3nn(CCOC4CCCCO4)cc3Br)c2F)c1. The van der Waals surface area contributed by atoms with Gasteiger partial charge in [0.25, 0.3) is 10.0 Å². The van der Waals surface area contributed by atoms with Gasteiger partial charge in [-0.2, -0.15) is 5.10 Å². The topological polar surface area (TPSA) is 101 Å². The zero-order chi connectivity index (χ0) is 28.9. The average Bonchev–Trinajstić information content (AvgIpc) is 3.33. The molecule has 0 radical (unpaired) electrons. The first-order chi connectivity index (χ1) is 19.1. The molecule has 2 heterocycles. The van der Waals surface area contributed by atoms with Gasteiger partial charge in [0.1, 0.15) is 5.69 Å². The van der Waals surface area contributed by atoms with E-state index in [2.05, 4.69) is 35.2 Å². The Hall–Kier alpha value is -2.49. The van der Waals surface area contributed by atoms with E-state index in [1.165, 1.54) is 24.3 Å². The largest absolute Gasteiger partial charge is 0.353 e. The summed E-state index contributed by atoms with van der Waals surface area (Å²) in [5, 5.41) is 4.42. The van der Waals surface area contributed by atoms with E-state index in [9.17, 15) is 17.2 Å². The monoisotopic (exact) mass is 647 g/mol. The van der Waals surface area contributed by atoms with Gasteiger partial charge in [-0.1, -0.05) is 18.2 Å². The molecule has 1 aromatic heterocycles. The fraction of sp³-hybridized carbons (Fsp3) is 0.423. The van der Waals surface area contributed by atoms with Crippen LogP contribution in [0.3, 0.4) is 0 Å². The van der Waals surface area contributed by atoms with Crippen molar-refractivity contribution in [3.05, 3.63) is 64.0 Å². The molecule has 0 aliphatic carbocycles. The van der Waals surface area contributed by atoms with E-state index in [-0.39, 0.29) is 28.7 Å². The minimum absolute atomic E-state index is 0.0137. The molecule has 40 heavy (non-hydrogen) atoms. The molecule has 0 spiro atoms. The Morgan fingerprint density at radius 1 is 1.18 bits per heavy atom. The quantitative estimate of drug-likeness (QED) is 0.256. The summed E-state index contributed by atoms with van der Waals surface area (Å²) in [5.41, 5.74) is -0.721. The highest BCUT2D eigenvalue weighted by Crippen LogP contribution is 2.35. The van der Waals surface area contributed by atoms with E-state index in [1.807, 2.05) is 0 Å². The highest BCUT2D eigenvalue weighted by molar-refractivity contribution is 9.10. The van der Waals surface area contributed by atoms with Gasteiger partial charge in [-0.3, -0.25) is 9.40 Å². The fourth-order valence-corrected chi connectivity index (χ4v) is 6.03.